The van der Waals surface area contributed by atoms with Gasteiger partial charge in [0.25, 0.3) is 5.91 Å². The van der Waals surface area contributed by atoms with Crippen LogP contribution in [0.1, 0.15) is 15.9 Å². The molecular weight excluding hydrogens is 326 g/mol. The van der Waals surface area contributed by atoms with Gasteiger partial charge in [0.05, 0.1) is 16.5 Å². The lowest BCUT2D eigenvalue weighted by Crippen LogP contribution is -2.23. The number of halogens is 1. The van der Waals surface area contributed by atoms with Crippen LogP contribution in [0.4, 0.5) is 0 Å². The quantitative estimate of drug-likeness (QED) is 0.850. The molecule has 0 bridgehead atoms. The number of hydrogen-bond donors (Lipinski definition) is 1. The molecule has 22 heavy (non-hydrogen) atoms. The fourth-order valence-electron chi connectivity index (χ4n) is 1.75. The van der Waals surface area contributed by atoms with Crippen molar-refractivity contribution in [3.05, 3.63) is 64.7 Å². The van der Waals surface area contributed by atoms with E-state index in [-0.39, 0.29) is 22.1 Å². The molecule has 0 aliphatic heterocycles. The average Bonchev–Trinajstić information content (AvgIpc) is 2.47. The summed E-state index contributed by atoms with van der Waals surface area (Å²) in [6, 6.07) is 13.3. The Morgan fingerprint density at radius 3 is 2.50 bits per heavy atom. The first-order chi connectivity index (χ1) is 10.4. The van der Waals surface area contributed by atoms with Crippen molar-refractivity contribution in [3.8, 4) is 0 Å². The van der Waals surface area contributed by atoms with Gasteiger partial charge in [-0.3, -0.25) is 9.63 Å². The van der Waals surface area contributed by atoms with Crippen LogP contribution in [0.5, 0.6) is 0 Å². The Kier molecular flexibility index (Phi) is 5.18. The van der Waals surface area contributed by atoms with E-state index >= 15 is 0 Å². The topological polar surface area (TPSA) is 72.5 Å². The first kappa shape index (κ1) is 16.5. The molecular formula is C15H14ClNO4S. The van der Waals surface area contributed by atoms with E-state index in [0.717, 1.165) is 11.8 Å². The highest BCUT2D eigenvalue weighted by molar-refractivity contribution is 7.90. The van der Waals surface area contributed by atoms with Gasteiger partial charge in [-0.2, -0.15) is 0 Å². The number of nitrogens with one attached hydrogen (secondary N) is 1. The van der Waals surface area contributed by atoms with E-state index in [4.69, 9.17) is 16.4 Å². The number of amides is 1. The molecule has 7 heteroatoms. The molecule has 0 aliphatic rings. The van der Waals surface area contributed by atoms with Crippen LogP contribution in [0.15, 0.2) is 53.4 Å². The second kappa shape index (κ2) is 6.91. The van der Waals surface area contributed by atoms with E-state index < -0.39 is 15.7 Å². The highest BCUT2D eigenvalue weighted by Crippen LogP contribution is 2.22. The largest absolute Gasteiger partial charge is 0.274 e. The fourth-order valence-corrected chi connectivity index (χ4v) is 3.05. The number of sulfone groups is 1. The highest BCUT2D eigenvalue weighted by Gasteiger charge is 2.15. The molecule has 0 aromatic heterocycles. The van der Waals surface area contributed by atoms with E-state index in [1.165, 1.54) is 18.2 Å². The summed E-state index contributed by atoms with van der Waals surface area (Å²) in [5.74, 6) is -0.544. The maximum atomic E-state index is 12.0. The zero-order valence-electron chi connectivity index (χ0n) is 11.7. The van der Waals surface area contributed by atoms with Gasteiger partial charge < -0.3 is 0 Å². The Bertz CT molecular complexity index is 775. The molecule has 1 N–H and O–H groups in total. The Morgan fingerprint density at radius 1 is 1.18 bits per heavy atom. The van der Waals surface area contributed by atoms with Gasteiger partial charge in [-0.05, 0) is 23.8 Å². The number of carbonyl (C=O) groups excluding carboxylic acids is 1. The lowest BCUT2D eigenvalue weighted by molar-refractivity contribution is 0.0233. The summed E-state index contributed by atoms with van der Waals surface area (Å²) in [6.45, 7) is 0.207. The second-order valence-electron chi connectivity index (χ2n) is 4.62. The van der Waals surface area contributed by atoms with Crippen LogP contribution in [-0.4, -0.2) is 20.6 Å². The van der Waals surface area contributed by atoms with Crippen LogP contribution >= 0.6 is 11.6 Å². The molecule has 0 aliphatic carbocycles. The number of benzene rings is 2. The van der Waals surface area contributed by atoms with Gasteiger partial charge in [0.1, 0.15) is 0 Å². The first-order valence-electron chi connectivity index (χ1n) is 6.33. The molecule has 116 valence electrons. The van der Waals surface area contributed by atoms with Crippen LogP contribution in [0.2, 0.25) is 5.02 Å². The third-order valence-electron chi connectivity index (χ3n) is 2.84. The van der Waals surface area contributed by atoms with Gasteiger partial charge in [-0.15, -0.1) is 0 Å². The van der Waals surface area contributed by atoms with Crippen molar-refractivity contribution in [1.29, 1.82) is 0 Å². The van der Waals surface area contributed by atoms with Crippen molar-refractivity contribution in [2.24, 2.45) is 0 Å². The smallest absolute Gasteiger partial charge is 0.269 e. The highest BCUT2D eigenvalue weighted by atomic mass is 35.5. The summed E-state index contributed by atoms with van der Waals surface area (Å²) >= 11 is 5.83. The maximum absolute atomic E-state index is 12.0. The third kappa shape index (κ3) is 4.30. The van der Waals surface area contributed by atoms with E-state index in [1.807, 2.05) is 30.3 Å². The predicted octanol–water partition coefficient (Wildman–Crippen LogP) is 2.61. The molecule has 0 saturated heterocycles. The summed E-state index contributed by atoms with van der Waals surface area (Å²) in [7, 11) is -3.51. The molecule has 0 unspecified atom stereocenters. The van der Waals surface area contributed by atoms with Gasteiger partial charge in [-0.25, -0.2) is 13.9 Å². The SMILES string of the molecule is CS(=O)(=O)c1cc(C(=O)NOCc2ccccc2)ccc1Cl. The predicted molar refractivity (Wildman–Crippen MR) is 83.3 cm³/mol. The average molecular weight is 340 g/mol. The second-order valence-corrected chi connectivity index (χ2v) is 7.01. The van der Waals surface area contributed by atoms with Crippen molar-refractivity contribution >= 4 is 27.3 Å². The molecule has 0 atom stereocenters. The fraction of sp³-hybridized carbons (Fsp3) is 0.133. The van der Waals surface area contributed by atoms with Crippen molar-refractivity contribution in [2.75, 3.05) is 6.26 Å². The first-order valence-corrected chi connectivity index (χ1v) is 8.60. The molecule has 2 aromatic rings. The summed E-state index contributed by atoms with van der Waals surface area (Å²) < 4.78 is 23.2. The zero-order valence-corrected chi connectivity index (χ0v) is 13.3. The Morgan fingerprint density at radius 2 is 1.86 bits per heavy atom. The summed E-state index contributed by atoms with van der Waals surface area (Å²) in [6.07, 6.45) is 1.03. The molecule has 5 nitrogen and oxygen atoms in total. The monoisotopic (exact) mass is 339 g/mol. The minimum absolute atomic E-state index is 0.0734. The maximum Gasteiger partial charge on any atom is 0.274 e. The molecule has 1 amide bonds. The Hall–Kier alpha value is -1.89. The summed E-state index contributed by atoms with van der Waals surface area (Å²) in [4.78, 5) is 17.0. The van der Waals surface area contributed by atoms with Crippen LogP contribution in [0, 0.1) is 0 Å². The number of hydroxylamine groups is 1. The summed E-state index contributed by atoms with van der Waals surface area (Å²) in [5.41, 5.74) is 3.32. The number of carbonyl (C=O) groups is 1. The van der Waals surface area contributed by atoms with Crippen LogP contribution < -0.4 is 5.48 Å². The lowest BCUT2D eigenvalue weighted by atomic mass is 10.2. The van der Waals surface area contributed by atoms with E-state index in [0.29, 0.717) is 0 Å². The zero-order chi connectivity index (χ0) is 16.2. The van der Waals surface area contributed by atoms with Crippen molar-refractivity contribution < 1.29 is 18.0 Å². The molecule has 0 fully saturated rings. The number of rotatable bonds is 5. The molecule has 2 aromatic carbocycles. The van der Waals surface area contributed by atoms with Crippen LogP contribution in [0.3, 0.4) is 0 Å². The molecule has 2 rings (SSSR count). The normalized spacial score (nSPS) is 11.2. The Balaban J connectivity index is 2.04. The standard InChI is InChI=1S/C15H14ClNO4S/c1-22(19,20)14-9-12(7-8-13(14)16)15(18)17-21-10-11-5-3-2-4-6-11/h2-9H,10H2,1H3,(H,17,18). The number of hydrogen-bond acceptors (Lipinski definition) is 4. The van der Waals surface area contributed by atoms with Crippen LogP contribution in [0.25, 0.3) is 0 Å². The van der Waals surface area contributed by atoms with Crippen molar-refractivity contribution in [1.82, 2.24) is 5.48 Å². The van der Waals surface area contributed by atoms with Gasteiger partial charge in [0, 0.05) is 11.8 Å². The minimum Gasteiger partial charge on any atom is -0.269 e. The molecule has 0 heterocycles. The van der Waals surface area contributed by atoms with Gasteiger partial charge in [0.15, 0.2) is 9.84 Å². The summed E-state index contributed by atoms with van der Waals surface area (Å²) in [5, 5.41) is 0.0734. The minimum atomic E-state index is -3.51. The lowest BCUT2D eigenvalue weighted by Gasteiger charge is -2.08. The van der Waals surface area contributed by atoms with Crippen molar-refractivity contribution in [2.45, 2.75) is 11.5 Å². The third-order valence-corrected chi connectivity index (χ3v) is 4.42. The molecule has 0 spiro atoms. The van der Waals surface area contributed by atoms with Crippen molar-refractivity contribution in [3.63, 3.8) is 0 Å². The van der Waals surface area contributed by atoms with Gasteiger partial charge in [-0.1, -0.05) is 41.9 Å². The van der Waals surface area contributed by atoms with E-state index in [1.54, 1.807) is 0 Å². The van der Waals surface area contributed by atoms with E-state index in [2.05, 4.69) is 5.48 Å². The Labute approximate surface area is 133 Å². The van der Waals surface area contributed by atoms with Gasteiger partial charge >= 0.3 is 0 Å². The molecule has 0 radical (unpaired) electrons. The van der Waals surface area contributed by atoms with Crippen LogP contribution in [-0.2, 0) is 21.3 Å². The van der Waals surface area contributed by atoms with Gasteiger partial charge in [0.2, 0.25) is 0 Å². The van der Waals surface area contributed by atoms with E-state index in [9.17, 15) is 13.2 Å². The molecule has 0 saturated carbocycles.